The van der Waals surface area contributed by atoms with E-state index in [4.69, 9.17) is 0 Å². The Hall–Kier alpha value is -2.01. The number of aliphatic imine (C=N–C) groups is 1. The second-order valence-electron chi connectivity index (χ2n) is 4.19. The first kappa shape index (κ1) is 12.0. The summed E-state index contributed by atoms with van der Waals surface area (Å²) in [6, 6.07) is 11.3. The molecule has 5 heteroatoms. The molecule has 0 fully saturated rings. The third-order valence-electron chi connectivity index (χ3n) is 3.07. The molecule has 1 heterocycles. The van der Waals surface area contributed by atoms with E-state index in [1.165, 1.54) is 11.8 Å². The average Bonchev–Trinajstić information content (AvgIpc) is 2.47. The molecular weight excluding hydrogens is 258 g/mol. The normalized spacial score (nSPS) is 18.2. The molecule has 0 saturated carbocycles. The van der Waals surface area contributed by atoms with Crippen molar-refractivity contribution in [3.05, 3.63) is 42.0 Å². The molecule has 0 bridgehead atoms. The van der Waals surface area contributed by atoms with E-state index in [0.717, 1.165) is 21.5 Å². The maximum Gasteiger partial charge on any atom is 0.177 e. The SMILES string of the molecule is CSC1=N[C@H](c2c(O)ccc3ccccc23)C=NN1. The lowest BCUT2D eigenvalue weighted by atomic mass is 9.98. The topological polar surface area (TPSA) is 57.0 Å². The molecule has 19 heavy (non-hydrogen) atoms. The van der Waals surface area contributed by atoms with E-state index in [-0.39, 0.29) is 11.8 Å². The fourth-order valence-electron chi connectivity index (χ4n) is 2.18. The van der Waals surface area contributed by atoms with Gasteiger partial charge in [0, 0.05) is 5.56 Å². The molecule has 2 aromatic rings. The van der Waals surface area contributed by atoms with Gasteiger partial charge in [-0.25, -0.2) is 4.99 Å². The molecule has 1 aliphatic rings. The second kappa shape index (κ2) is 4.93. The van der Waals surface area contributed by atoms with Gasteiger partial charge in [0.25, 0.3) is 0 Å². The Balaban J connectivity index is 2.19. The fraction of sp³-hybridized carbons (Fsp3) is 0.143. The summed E-state index contributed by atoms with van der Waals surface area (Å²) in [7, 11) is 0. The maximum atomic E-state index is 10.2. The third-order valence-corrected chi connectivity index (χ3v) is 3.65. The number of amidine groups is 1. The molecular formula is C14H13N3OS. The van der Waals surface area contributed by atoms with Crippen molar-refractivity contribution < 1.29 is 5.11 Å². The first-order valence-corrected chi connectivity index (χ1v) is 7.13. The van der Waals surface area contributed by atoms with Crippen LogP contribution in [0.1, 0.15) is 11.6 Å². The van der Waals surface area contributed by atoms with Crippen LogP contribution in [0.5, 0.6) is 5.75 Å². The Bertz CT molecular complexity index is 681. The predicted octanol–water partition coefficient (Wildman–Crippen LogP) is 2.89. The zero-order valence-electron chi connectivity index (χ0n) is 10.4. The highest BCUT2D eigenvalue weighted by molar-refractivity contribution is 8.13. The lowest BCUT2D eigenvalue weighted by molar-refractivity contribution is 0.468. The van der Waals surface area contributed by atoms with Gasteiger partial charge in [0.2, 0.25) is 0 Å². The minimum absolute atomic E-state index is 0.251. The number of thioether (sulfide) groups is 1. The Kier molecular flexibility index (Phi) is 3.13. The van der Waals surface area contributed by atoms with E-state index in [9.17, 15) is 5.11 Å². The molecule has 3 rings (SSSR count). The summed E-state index contributed by atoms with van der Waals surface area (Å²) in [4.78, 5) is 4.54. The fourth-order valence-corrected chi connectivity index (χ4v) is 2.55. The van der Waals surface area contributed by atoms with Gasteiger partial charge in [-0.3, -0.25) is 5.43 Å². The Morgan fingerprint density at radius 1 is 1.21 bits per heavy atom. The zero-order chi connectivity index (χ0) is 13.2. The summed E-state index contributed by atoms with van der Waals surface area (Å²) in [6.07, 6.45) is 3.65. The van der Waals surface area contributed by atoms with E-state index in [0.29, 0.717) is 0 Å². The first-order chi connectivity index (χ1) is 9.29. The van der Waals surface area contributed by atoms with Crippen LogP contribution in [0, 0.1) is 0 Å². The number of hydrogen-bond donors (Lipinski definition) is 2. The molecule has 2 N–H and O–H groups in total. The summed E-state index contributed by atoms with van der Waals surface area (Å²) in [5.41, 5.74) is 3.64. The summed E-state index contributed by atoms with van der Waals surface area (Å²) in [5, 5.41) is 17.1. The van der Waals surface area contributed by atoms with E-state index in [2.05, 4.69) is 15.5 Å². The van der Waals surface area contributed by atoms with Gasteiger partial charge >= 0.3 is 0 Å². The van der Waals surface area contributed by atoms with E-state index >= 15 is 0 Å². The number of rotatable bonds is 1. The molecule has 0 aromatic heterocycles. The minimum atomic E-state index is -0.255. The number of nitrogens with zero attached hydrogens (tertiary/aromatic N) is 2. The van der Waals surface area contributed by atoms with Gasteiger partial charge in [-0.05, 0) is 23.1 Å². The van der Waals surface area contributed by atoms with Crippen molar-refractivity contribution >= 4 is 33.9 Å². The Morgan fingerprint density at radius 3 is 2.89 bits per heavy atom. The number of aromatic hydroxyl groups is 1. The summed E-state index contributed by atoms with van der Waals surface area (Å²) in [6.45, 7) is 0. The lowest BCUT2D eigenvalue weighted by Gasteiger charge is -2.17. The molecule has 0 aliphatic carbocycles. The van der Waals surface area contributed by atoms with Crippen LogP contribution in [0.25, 0.3) is 10.8 Å². The van der Waals surface area contributed by atoms with Crippen molar-refractivity contribution in [1.29, 1.82) is 0 Å². The highest BCUT2D eigenvalue weighted by Crippen LogP contribution is 2.34. The van der Waals surface area contributed by atoms with E-state index in [1.807, 2.05) is 36.6 Å². The zero-order valence-corrected chi connectivity index (χ0v) is 11.2. The molecule has 96 valence electrons. The van der Waals surface area contributed by atoms with Crippen LogP contribution in [-0.2, 0) is 0 Å². The van der Waals surface area contributed by atoms with E-state index in [1.54, 1.807) is 12.3 Å². The number of hydrogen-bond acceptors (Lipinski definition) is 5. The molecule has 0 unspecified atom stereocenters. The number of nitrogens with one attached hydrogen (secondary N) is 1. The molecule has 4 nitrogen and oxygen atoms in total. The van der Waals surface area contributed by atoms with Crippen LogP contribution < -0.4 is 5.43 Å². The Morgan fingerprint density at radius 2 is 2.05 bits per heavy atom. The molecule has 2 aromatic carbocycles. The molecule has 1 atom stereocenters. The minimum Gasteiger partial charge on any atom is -0.508 e. The van der Waals surface area contributed by atoms with Crippen molar-refractivity contribution in [2.45, 2.75) is 6.04 Å². The average molecular weight is 271 g/mol. The van der Waals surface area contributed by atoms with Crippen LogP contribution >= 0.6 is 11.8 Å². The molecule has 1 aliphatic heterocycles. The molecule has 0 radical (unpaired) electrons. The van der Waals surface area contributed by atoms with Gasteiger partial charge in [-0.2, -0.15) is 5.10 Å². The van der Waals surface area contributed by atoms with Gasteiger partial charge in [0.15, 0.2) is 5.17 Å². The predicted molar refractivity (Wildman–Crippen MR) is 80.9 cm³/mol. The van der Waals surface area contributed by atoms with Crippen LogP contribution in [-0.4, -0.2) is 22.7 Å². The summed E-state index contributed by atoms with van der Waals surface area (Å²) < 4.78 is 0. The van der Waals surface area contributed by atoms with Crippen molar-refractivity contribution in [2.75, 3.05) is 6.26 Å². The summed E-state index contributed by atoms with van der Waals surface area (Å²) in [5.74, 6) is 0.251. The van der Waals surface area contributed by atoms with Crippen LogP contribution in [0.3, 0.4) is 0 Å². The van der Waals surface area contributed by atoms with Gasteiger partial charge < -0.3 is 5.11 Å². The number of hydrazone groups is 1. The highest BCUT2D eigenvalue weighted by Gasteiger charge is 2.19. The number of phenolic OH excluding ortho intramolecular Hbond substituents is 1. The maximum absolute atomic E-state index is 10.2. The van der Waals surface area contributed by atoms with Crippen LogP contribution in [0.15, 0.2) is 46.5 Å². The van der Waals surface area contributed by atoms with Crippen molar-refractivity contribution in [1.82, 2.24) is 5.43 Å². The largest absolute Gasteiger partial charge is 0.508 e. The van der Waals surface area contributed by atoms with Crippen LogP contribution in [0.2, 0.25) is 0 Å². The third kappa shape index (κ3) is 2.17. The standard InChI is InChI=1S/C14H13N3OS/c1-19-14-16-11(8-15-17-14)13-10-5-3-2-4-9(10)6-7-12(13)18/h2-8,11,18H,1H3,(H,16,17)/t11-/m0/s1. The number of fused-ring (bicyclic) bond motifs is 1. The molecule has 0 amide bonds. The molecule has 0 saturated heterocycles. The molecule has 0 spiro atoms. The second-order valence-corrected chi connectivity index (χ2v) is 4.99. The first-order valence-electron chi connectivity index (χ1n) is 5.91. The number of phenols is 1. The highest BCUT2D eigenvalue weighted by atomic mass is 32.2. The lowest BCUT2D eigenvalue weighted by Crippen LogP contribution is -2.20. The van der Waals surface area contributed by atoms with Gasteiger partial charge in [-0.1, -0.05) is 42.1 Å². The number of benzene rings is 2. The smallest absolute Gasteiger partial charge is 0.177 e. The van der Waals surface area contributed by atoms with Gasteiger partial charge in [0.1, 0.15) is 11.8 Å². The Labute approximate surface area is 115 Å². The van der Waals surface area contributed by atoms with Crippen LogP contribution in [0.4, 0.5) is 0 Å². The van der Waals surface area contributed by atoms with E-state index < -0.39 is 0 Å². The van der Waals surface area contributed by atoms with Gasteiger partial charge in [-0.15, -0.1) is 0 Å². The van der Waals surface area contributed by atoms with Crippen molar-refractivity contribution in [3.63, 3.8) is 0 Å². The summed E-state index contributed by atoms with van der Waals surface area (Å²) >= 11 is 1.50. The van der Waals surface area contributed by atoms with Crippen molar-refractivity contribution in [3.8, 4) is 5.75 Å². The van der Waals surface area contributed by atoms with Crippen molar-refractivity contribution in [2.24, 2.45) is 10.1 Å². The van der Waals surface area contributed by atoms with Gasteiger partial charge in [0.05, 0.1) is 6.21 Å². The monoisotopic (exact) mass is 271 g/mol. The quantitative estimate of drug-likeness (QED) is 0.838.